The number of benzene rings is 1. The van der Waals surface area contributed by atoms with Crippen molar-refractivity contribution in [2.75, 3.05) is 0 Å². The van der Waals surface area contributed by atoms with Crippen molar-refractivity contribution in [3.05, 3.63) is 23.8 Å². The zero-order valence-corrected chi connectivity index (χ0v) is 14.3. The molecule has 0 saturated carbocycles. The number of aliphatic imine (C=N–C) groups is 2. The number of ether oxygens (including phenoxy) is 2. The predicted molar refractivity (Wildman–Crippen MR) is 81.9 cm³/mol. The molecule has 0 aliphatic carbocycles. The molecule has 0 saturated heterocycles. The smallest absolute Gasteiger partial charge is 0.424 e. The Morgan fingerprint density at radius 2 is 1.76 bits per heavy atom. The Kier molecular flexibility index (Phi) is 6.68. The summed E-state index contributed by atoms with van der Waals surface area (Å²) in [5.74, 6) is -1.85. The van der Waals surface area contributed by atoms with E-state index in [-0.39, 0.29) is 16.8 Å². The first kappa shape index (κ1) is 21.1. The number of nitrogens with two attached hydrogens (primary N) is 1. The molecule has 0 aromatic heterocycles. The minimum Gasteiger partial charge on any atom is -0.424 e. The van der Waals surface area contributed by atoms with Crippen LogP contribution in [0.15, 0.2) is 28.2 Å². The molecule has 0 unspecified atom stereocenters. The number of amidine groups is 2. The van der Waals surface area contributed by atoms with Crippen LogP contribution in [0.4, 0.5) is 26.3 Å². The van der Waals surface area contributed by atoms with Crippen molar-refractivity contribution >= 4 is 26.7 Å². The zero-order valence-electron chi connectivity index (χ0n) is 12.7. The molecule has 1 aromatic carbocycles. The summed E-state index contributed by atoms with van der Waals surface area (Å²) in [4.78, 5) is 7.52. The number of nitrogens with zero attached hydrogens (tertiary/aromatic N) is 2. The van der Waals surface area contributed by atoms with E-state index in [0.717, 1.165) is 6.07 Å². The van der Waals surface area contributed by atoms with Gasteiger partial charge in [0.25, 0.3) is 0 Å². The minimum atomic E-state index is -5.28. The van der Waals surface area contributed by atoms with Crippen LogP contribution in [0.25, 0.3) is 0 Å². The third kappa shape index (κ3) is 7.63. The molecule has 0 amide bonds. The molecule has 2 N–H and O–H groups in total. The zero-order chi connectivity index (χ0) is 19.4. The third-order valence-corrected chi connectivity index (χ3v) is 2.44. The fourth-order valence-electron chi connectivity index (χ4n) is 1.50. The molecule has 0 bridgehead atoms. The summed E-state index contributed by atoms with van der Waals surface area (Å²) in [6, 6.07) is 0.977. The van der Waals surface area contributed by atoms with Gasteiger partial charge in [-0.25, -0.2) is 4.99 Å². The third-order valence-electron chi connectivity index (χ3n) is 2.26. The highest BCUT2D eigenvalue weighted by atomic mass is 79.9. The van der Waals surface area contributed by atoms with Crippen LogP contribution in [0.2, 0.25) is 0 Å². The monoisotopic (exact) mass is 435 g/mol. The van der Waals surface area contributed by atoms with E-state index >= 15 is 0 Å². The normalized spacial score (nSPS) is 14.0. The lowest BCUT2D eigenvalue weighted by Crippen LogP contribution is -2.20. The van der Waals surface area contributed by atoms with E-state index < -0.39 is 29.6 Å². The van der Waals surface area contributed by atoms with Crippen molar-refractivity contribution in [1.29, 1.82) is 0 Å². The predicted octanol–water partition coefficient (Wildman–Crippen LogP) is 4.46. The summed E-state index contributed by atoms with van der Waals surface area (Å²) in [6.45, 7) is 3.29. The van der Waals surface area contributed by atoms with E-state index in [1.165, 1.54) is 0 Å². The Balaban J connectivity index is 3.28. The number of halogens is 7. The van der Waals surface area contributed by atoms with E-state index in [1.54, 1.807) is 13.8 Å². The molecule has 0 aliphatic heterocycles. The van der Waals surface area contributed by atoms with E-state index in [1.807, 2.05) is 0 Å². The maximum atomic E-state index is 13.0. The van der Waals surface area contributed by atoms with Crippen LogP contribution in [0.3, 0.4) is 0 Å². The van der Waals surface area contributed by atoms with Crippen molar-refractivity contribution in [1.82, 2.24) is 0 Å². The highest BCUT2D eigenvalue weighted by molar-refractivity contribution is 9.18. The van der Waals surface area contributed by atoms with Gasteiger partial charge in [0.05, 0.1) is 0 Å². The summed E-state index contributed by atoms with van der Waals surface area (Å²) in [5, 5.41) is 0. The van der Waals surface area contributed by atoms with Gasteiger partial charge in [-0.05, 0) is 48.0 Å². The molecule has 0 fully saturated rings. The Morgan fingerprint density at radius 1 is 1.16 bits per heavy atom. The van der Waals surface area contributed by atoms with E-state index in [9.17, 15) is 26.3 Å². The van der Waals surface area contributed by atoms with E-state index in [0.29, 0.717) is 12.1 Å². The SMILES string of the molecule is CC(C)N=C(N=C(N)Br)Oc1ccc(OC(F)(F)F)c(C(F)(F)F)c1. The van der Waals surface area contributed by atoms with Crippen molar-refractivity contribution in [2.45, 2.75) is 32.4 Å². The lowest BCUT2D eigenvalue weighted by Gasteiger charge is -2.16. The van der Waals surface area contributed by atoms with Crippen molar-refractivity contribution in [3.8, 4) is 11.5 Å². The average molecular weight is 436 g/mol. The average Bonchev–Trinajstić information content (AvgIpc) is 2.35. The summed E-state index contributed by atoms with van der Waals surface area (Å²) >= 11 is 2.81. The second kappa shape index (κ2) is 7.93. The summed E-state index contributed by atoms with van der Waals surface area (Å²) in [6.07, 6.45) is -10.4. The first-order valence-corrected chi connectivity index (χ1v) is 7.29. The number of rotatable bonds is 3. The molecular formula is C13H12BrF6N3O2. The molecule has 1 rings (SSSR count). The van der Waals surface area contributed by atoms with Gasteiger partial charge >= 0.3 is 18.6 Å². The molecule has 5 nitrogen and oxygen atoms in total. The highest BCUT2D eigenvalue weighted by Gasteiger charge is 2.39. The van der Waals surface area contributed by atoms with Crippen LogP contribution in [-0.4, -0.2) is 23.2 Å². The van der Waals surface area contributed by atoms with Crippen LogP contribution in [0.5, 0.6) is 11.5 Å². The molecule has 140 valence electrons. The second-order valence-corrected chi connectivity index (χ2v) is 5.56. The maximum Gasteiger partial charge on any atom is 0.573 e. The van der Waals surface area contributed by atoms with Gasteiger partial charge in [-0.15, -0.1) is 13.2 Å². The molecule has 12 heteroatoms. The van der Waals surface area contributed by atoms with Crippen LogP contribution in [0, 0.1) is 0 Å². The topological polar surface area (TPSA) is 69.2 Å². The quantitative estimate of drug-likeness (QED) is 0.330. The van der Waals surface area contributed by atoms with Gasteiger partial charge in [-0.2, -0.15) is 18.2 Å². The molecule has 0 aliphatic rings. The molecule has 0 atom stereocenters. The molecule has 25 heavy (non-hydrogen) atoms. The van der Waals surface area contributed by atoms with Gasteiger partial charge in [0.2, 0.25) is 0 Å². The van der Waals surface area contributed by atoms with Crippen LogP contribution in [-0.2, 0) is 6.18 Å². The summed E-state index contributed by atoms with van der Waals surface area (Å²) in [5.41, 5.74) is 3.63. The first-order chi connectivity index (χ1) is 11.3. The van der Waals surface area contributed by atoms with Gasteiger partial charge in [0, 0.05) is 6.04 Å². The molecule has 1 aromatic rings. The Hall–Kier alpha value is -1.98. The van der Waals surface area contributed by atoms with E-state index in [2.05, 4.69) is 30.7 Å². The second-order valence-electron chi connectivity index (χ2n) is 4.75. The lowest BCUT2D eigenvalue weighted by molar-refractivity contribution is -0.276. The lowest BCUT2D eigenvalue weighted by atomic mass is 10.2. The summed E-state index contributed by atoms with van der Waals surface area (Å²) < 4.78 is 83.9. The van der Waals surface area contributed by atoms with Crippen LogP contribution >= 0.6 is 15.9 Å². The standard InChI is InChI=1S/C13H12BrF6N3O2/c1-6(2)22-11(23-10(14)21)24-7-3-4-9(25-13(18,19)20)8(5-7)12(15,16)17/h3-6H,1-2H3,(H2,21,22,23). The largest absolute Gasteiger partial charge is 0.573 e. The van der Waals surface area contributed by atoms with Gasteiger partial charge in [-0.1, -0.05) is 0 Å². The molecule has 0 radical (unpaired) electrons. The van der Waals surface area contributed by atoms with Gasteiger partial charge < -0.3 is 15.2 Å². The first-order valence-electron chi connectivity index (χ1n) is 6.50. The van der Waals surface area contributed by atoms with Gasteiger partial charge in [0.15, 0.2) is 4.74 Å². The Labute approximate surface area is 146 Å². The fourth-order valence-corrected chi connectivity index (χ4v) is 1.66. The number of hydrogen-bond acceptors (Lipinski definition) is 3. The molecule has 0 spiro atoms. The van der Waals surface area contributed by atoms with Gasteiger partial charge in [0.1, 0.15) is 17.1 Å². The maximum absolute atomic E-state index is 13.0. The van der Waals surface area contributed by atoms with Crippen LogP contribution in [0.1, 0.15) is 19.4 Å². The fraction of sp³-hybridized carbons (Fsp3) is 0.385. The van der Waals surface area contributed by atoms with Crippen molar-refractivity contribution in [3.63, 3.8) is 0 Å². The molecular weight excluding hydrogens is 424 g/mol. The Morgan fingerprint density at radius 3 is 2.20 bits per heavy atom. The summed E-state index contributed by atoms with van der Waals surface area (Å²) in [7, 11) is 0. The van der Waals surface area contributed by atoms with Crippen LogP contribution < -0.4 is 15.2 Å². The molecule has 0 heterocycles. The van der Waals surface area contributed by atoms with Gasteiger partial charge in [-0.3, -0.25) is 0 Å². The van der Waals surface area contributed by atoms with E-state index in [4.69, 9.17) is 10.5 Å². The Bertz CT molecular complexity index is 667. The van der Waals surface area contributed by atoms with Crippen molar-refractivity contribution < 1.29 is 35.8 Å². The minimum absolute atomic E-state index is 0.153. The van der Waals surface area contributed by atoms with Crippen molar-refractivity contribution in [2.24, 2.45) is 15.7 Å². The highest BCUT2D eigenvalue weighted by Crippen LogP contribution is 2.40. The number of alkyl halides is 6. The number of hydrogen-bond donors (Lipinski definition) is 1.